The Kier molecular flexibility index (Phi) is 4.30. The highest BCUT2D eigenvalue weighted by Gasteiger charge is 2.16. The summed E-state index contributed by atoms with van der Waals surface area (Å²) in [5, 5.41) is 0. The van der Waals surface area contributed by atoms with Crippen LogP contribution in [0.25, 0.3) is 0 Å². The maximum atomic E-state index is 10.3. The predicted octanol–water partition coefficient (Wildman–Crippen LogP) is 1.14. The van der Waals surface area contributed by atoms with Crippen molar-refractivity contribution in [3.8, 4) is 0 Å². The van der Waals surface area contributed by atoms with Crippen LogP contribution in [0.2, 0.25) is 0 Å². The Morgan fingerprint density at radius 2 is 2.09 bits per heavy atom. The van der Waals surface area contributed by atoms with Crippen molar-refractivity contribution >= 4 is 6.29 Å². The highest BCUT2D eigenvalue weighted by Crippen LogP contribution is 2.01. The number of hydrogen-bond donors (Lipinski definition) is 1. The Labute approximate surface area is 68.1 Å². The largest absolute Gasteiger partial charge is 0.300 e. The molecular formula is C8H17NO2. The summed E-state index contributed by atoms with van der Waals surface area (Å²) < 4.78 is 0. The molecule has 0 saturated heterocycles. The fourth-order valence-corrected chi connectivity index (χ4v) is 0.418. The Balaban J connectivity index is 3.45. The van der Waals surface area contributed by atoms with Gasteiger partial charge in [-0.05, 0) is 19.8 Å². The van der Waals surface area contributed by atoms with Crippen molar-refractivity contribution in [1.82, 2.24) is 5.48 Å². The molecule has 3 heteroatoms. The molecule has 0 aliphatic heterocycles. The number of hydrogen-bond acceptors (Lipinski definition) is 3. The minimum absolute atomic E-state index is 0.525. The van der Waals surface area contributed by atoms with E-state index >= 15 is 0 Å². The molecule has 0 fully saturated rings. The standard InChI is InChI=1S/C8H17NO2/c1-7(2)5-9-11-8(3,4)6-10/h6-7,9H,5H2,1-4H3. The average molecular weight is 159 g/mol. The van der Waals surface area contributed by atoms with Crippen molar-refractivity contribution < 1.29 is 9.63 Å². The van der Waals surface area contributed by atoms with Gasteiger partial charge < -0.3 is 4.79 Å². The van der Waals surface area contributed by atoms with Crippen molar-refractivity contribution in [2.45, 2.75) is 33.3 Å². The normalized spacial score (nSPS) is 12.1. The van der Waals surface area contributed by atoms with E-state index in [1.54, 1.807) is 13.8 Å². The fraction of sp³-hybridized carbons (Fsp3) is 0.875. The van der Waals surface area contributed by atoms with Gasteiger partial charge in [0.1, 0.15) is 5.60 Å². The Bertz CT molecular complexity index is 121. The molecule has 66 valence electrons. The molecule has 0 bridgehead atoms. The molecule has 0 aromatic rings. The molecule has 0 aliphatic rings. The van der Waals surface area contributed by atoms with Gasteiger partial charge in [-0.3, -0.25) is 4.84 Å². The molecule has 0 rings (SSSR count). The first kappa shape index (κ1) is 10.6. The lowest BCUT2D eigenvalue weighted by Crippen LogP contribution is -2.35. The molecule has 3 nitrogen and oxygen atoms in total. The van der Waals surface area contributed by atoms with E-state index in [1.165, 1.54) is 0 Å². The van der Waals surface area contributed by atoms with Gasteiger partial charge in [0.25, 0.3) is 0 Å². The molecule has 0 radical (unpaired) electrons. The van der Waals surface area contributed by atoms with Crippen molar-refractivity contribution in [3.63, 3.8) is 0 Å². The smallest absolute Gasteiger partial charge is 0.153 e. The zero-order valence-corrected chi connectivity index (χ0v) is 7.68. The number of aldehydes is 1. The second-order valence-electron chi connectivity index (χ2n) is 3.57. The second kappa shape index (κ2) is 4.46. The van der Waals surface area contributed by atoms with Gasteiger partial charge in [-0.1, -0.05) is 13.8 Å². The summed E-state index contributed by atoms with van der Waals surface area (Å²) in [5.74, 6) is 0.525. The molecule has 0 heterocycles. The van der Waals surface area contributed by atoms with Crippen LogP contribution in [0.1, 0.15) is 27.7 Å². The number of carbonyl (C=O) groups excluding carboxylic acids is 1. The van der Waals surface area contributed by atoms with Gasteiger partial charge in [0.2, 0.25) is 0 Å². The van der Waals surface area contributed by atoms with Crippen LogP contribution >= 0.6 is 0 Å². The lowest BCUT2D eigenvalue weighted by molar-refractivity contribution is -0.137. The summed E-state index contributed by atoms with van der Waals surface area (Å²) in [6, 6.07) is 0. The van der Waals surface area contributed by atoms with E-state index in [-0.39, 0.29) is 0 Å². The van der Waals surface area contributed by atoms with Crippen molar-refractivity contribution in [3.05, 3.63) is 0 Å². The zero-order valence-electron chi connectivity index (χ0n) is 7.68. The third kappa shape index (κ3) is 6.01. The molecule has 0 amide bonds. The molecule has 1 N–H and O–H groups in total. The fourth-order valence-electron chi connectivity index (χ4n) is 0.418. The lowest BCUT2D eigenvalue weighted by Gasteiger charge is -2.18. The van der Waals surface area contributed by atoms with Crippen LogP contribution in [0.5, 0.6) is 0 Å². The van der Waals surface area contributed by atoms with Crippen molar-refractivity contribution in [2.75, 3.05) is 6.54 Å². The quantitative estimate of drug-likeness (QED) is 0.483. The van der Waals surface area contributed by atoms with E-state index in [4.69, 9.17) is 4.84 Å². The molecule has 0 unspecified atom stereocenters. The Morgan fingerprint density at radius 1 is 1.55 bits per heavy atom. The molecule has 0 aromatic carbocycles. The lowest BCUT2D eigenvalue weighted by atomic mass is 10.2. The number of rotatable bonds is 5. The van der Waals surface area contributed by atoms with E-state index in [2.05, 4.69) is 19.3 Å². The monoisotopic (exact) mass is 159 g/mol. The molecule has 0 spiro atoms. The maximum absolute atomic E-state index is 10.3. The first-order valence-electron chi connectivity index (χ1n) is 3.85. The first-order chi connectivity index (χ1) is 4.98. The minimum atomic E-state index is -0.713. The molecule has 0 saturated carbocycles. The third-order valence-electron chi connectivity index (χ3n) is 1.11. The van der Waals surface area contributed by atoms with Gasteiger partial charge in [0.15, 0.2) is 6.29 Å². The van der Waals surface area contributed by atoms with Crippen LogP contribution in [0.15, 0.2) is 0 Å². The Hall–Kier alpha value is -0.410. The number of nitrogens with one attached hydrogen (secondary N) is 1. The molecule has 0 aliphatic carbocycles. The minimum Gasteiger partial charge on any atom is -0.300 e. The summed E-state index contributed by atoms with van der Waals surface area (Å²) in [6.45, 7) is 8.34. The highest BCUT2D eigenvalue weighted by atomic mass is 16.7. The van der Waals surface area contributed by atoms with Crippen molar-refractivity contribution in [1.29, 1.82) is 0 Å². The van der Waals surface area contributed by atoms with Crippen LogP contribution in [0, 0.1) is 5.92 Å². The van der Waals surface area contributed by atoms with E-state index in [9.17, 15) is 4.79 Å². The van der Waals surface area contributed by atoms with Crippen LogP contribution in [0.3, 0.4) is 0 Å². The van der Waals surface area contributed by atoms with Crippen molar-refractivity contribution in [2.24, 2.45) is 5.92 Å². The van der Waals surface area contributed by atoms with E-state index in [0.717, 1.165) is 12.8 Å². The Morgan fingerprint density at radius 3 is 2.45 bits per heavy atom. The molecule has 0 atom stereocenters. The third-order valence-corrected chi connectivity index (χ3v) is 1.11. The summed E-state index contributed by atoms with van der Waals surface area (Å²) in [7, 11) is 0. The zero-order chi connectivity index (χ0) is 8.91. The first-order valence-corrected chi connectivity index (χ1v) is 3.85. The topological polar surface area (TPSA) is 38.3 Å². The number of hydroxylamine groups is 1. The van der Waals surface area contributed by atoms with Gasteiger partial charge in [-0.15, -0.1) is 0 Å². The average Bonchev–Trinajstić information content (AvgIpc) is 1.87. The number of carbonyl (C=O) groups is 1. The van der Waals surface area contributed by atoms with Crippen LogP contribution in [-0.4, -0.2) is 18.4 Å². The molecule has 0 aromatic heterocycles. The summed E-state index contributed by atoms with van der Waals surface area (Å²) >= 11 is 0. The van der Waals surface area contributed by atoms with Crippen LogP contribution in [0.4, 0.5) is 0 Å². The van der Waals surface area contributed by atoms with E-state index < -0.39 is 5.60 Å². The molecule has 11 heavy (non-hydrogen) atoms. The van der Waals surface area contributed by atoms with Gasteiger partial charge in [0, 0.05) is 6.54 Å². The van der Waals surface area contributed by atoms with Gasteiger partial charge >= 0.3 is 0 Å². The second-order valence-corrected chi connectivity index (χ2v) is 3.57. The van der Waals surface area contributed by atoms with E-state index in [1.807, 2.05) is 0 Å². The van der Waals surface area contributed by atoms with Crippen LogP contribution in [-0.2, 0) is 9.63 Å². The molecular weight excluding hydrogens is 142 g/mol. The van der Waals surface area contributed by atoms with Gasteiger partial charge in [-0.25, -0.2) is 5.48 Å². The maximum Gasteiger partial charge on any atom is 0.153 e. The predicted molar refractivity (Wildman–Crippen MR) is 44.1 cm³/mol. The summed E-state index contributed by atoms with van der Waals surface area (Å²) in [6.07, 6.45) is 0.778. The summed E-state index contributed by atoms with van der Waals surface area (Å²) in [4.78, 5) is 15.4. The highest BCUT2D eigenvalue weighted by molar-refractivity contribution is 5.60. The summed E-state index contributed by atoms with van der Waals surface area (Å²) in [5.41, 5.74) is 2.03. The van der Waals surface area contributed by atoms with E-state index in [0.29, 0.717) is 5.92 Å². The van der Waals surface area contributed by atoms with Crippen LogP contribution < -0.4 is 5.48 Å². The SMILES string of the molecule is CC(C)CNOC(C)(C)C=O. The van der Waals surface area contributed by atoms with Gasteiger partial charge in [-0.2, -0.15) is 0 Å². The van der Waals surface area contributed by atoms with Gasteiger partial charge in [0.05, 0.1) is 0 Å².